The van der Waals surface area contributed by atoms with Crippen LogP contribution in [0.5, 0.6) is 11.5 Å². The van der Waals surface area contributed by atoms with Crippen LogP contribution in [0.3, 0.4) is 0 Å². The van der Waals surface area contributed by atoms with E-state index in [0.29, 0.717) is 5.56 Å². The molecule has 2 aromatic rings. The number of hydrogen-bond acceptors (Lipinski definition) is 5. The fraction of sp³-hybridized carbons (Fsp3) is 0. The number of benzene rings is 2. The summed E-state index contributed by atoms with van der Waals surface area (Å²) in [6.07, 6.45) is 1.28. The molecule has 0 heterocycles. The van der Waals surface area contributed by atoms with Crippen LogP contribution in [0.25, 0.3) is 0 Å². The Kier molecular flexibility index (Phi) is 3.73. The molecule has 0 fully saturated rings. The number of hydrogen-bond donors (Lipinski definition) is 3. The smallest absolute Gasteiger partial charge is 0.294 e. The van der Waals surface area contributed by atoms with Crippen molar-refractivity contribution in [3.63, 3.8) is 0 Å². The second kappa shape index (κ2) is 5.32. The zero-order valence-corrected chi connectivity index (χ0v) is 10.9. The lowest BCUT2D eigenvalue weighted by atomic mass is 10.2. The summed E-state index contributed by atoms with van der Waals surface area (Å²) in [7, 11) is -4.37. The van der Waals surface area contributed by atoms with Gasteiger partial charge in [0.2, 0.25) is 0 Å². The fourth-order valence-electron chi connectivity index (χ4n) is 1.50. The summed E-state index contributed by atoms with van der Waals surface area (Å²) in [5, 5.41) is 19.1. The van der Waals surface area contributed by atoms with Gasteiger partial charge in [0.25, 0.3) is 10.1 Å². The second-order valence-corrected chi connectivity index (χ2v) is 5.36. The molecule has 0 amide bonds. The zero-order valence-electron chi connectivity index (χ0n) is 10.1. The molecule has 0 radical (unpaired) electrons. The van der Waals surface area contributed by atoms with E-state index in [-0.39, 0.29) is 22.1 Å². The van der Waals surface area contributed by atoms with Crippen LogP contribution in [0.2, 0.25) is 0 Å². The van der Waals surface area contributed by atoms with Crippen molar-refractivity contribution in [3.05, 3.63) is 48.0 Å². The average molecular weight is 293 g/mol. The number of para-hydroxylation sites is 1. The predicted octanol–water partition coefficient (Wildman–Crippen LogP) is 2.10. The molecule has 2 rings (SSSR count). The summed E-state index contributed by atoms with van der Waals surface area (Å²) >= 11 is 0. The molecule has 0 aliphatic heterocycles. The standard InChI is InChI=1S/C13H11NO5S/c15-12-4-2-1-3-9(12)8-14-11-7-10(20(17,18)19)5-6-13(11)16/h1-8,15-16H,(H,17,18,19). The SMILES string of the molecule is O=S(=O)(O)c1ccc(O)c(N=Cc2ccccc2O)c1. The van der Waals surface area contributed by atoms with Gasteiger partial charge in [0, 0.05) is 11.8 Å². The van der Waals surface area contributed by atoms with E-state index >= 15 is 0 Å². The molecule has 0 saturated heterocycles. The molecule has 0 aromatic heterocycles. The van der Waals surface area contributed by atoms with Gasteiger partial charge in [0.1, 0.15) is 17.2 Å². The van der Waals surface area contributed by atoms with Crippen molar-refractivity contribution in [2.75, 3.05) is 0 Å². The van der Waals surface area contributed by atoms with Crippen LogP contribution in [0.4, 0.5) is 5.69 Å². The monoisotopic (exact) mass is 293 g/mol. The highest BCUT2D eigenvalue weighted by Crippen LogP contribution is 2.29. The van der Waals surface area contributed by atoms with Crippen LogP contribution in [0.15, 0.2) is 52.4 Å². The number of aliphatic imine (C=N–C) groups is 1. The number of aromatic hydroxyl groups is 2. The lowest BCUT2D eigenvalue weighted by Crippen LogP contribution is -1.97. The summed E-state index contributed by atoms with van der Waals surface area (Å²) in [5.41, 5.74) is 0.368. The first-order valence-corrected chi connectivity index (χ1v) is 6.94. The largest absolute Gasteiger partial charge is 0.507 e. The third-order valence-corrected chi connectivity index (χ3v) is 3.37. The van der Waals surface area contributed by atoms with Gasteiger partial charge in [-0.1, -0.05) is 12.1 Å². The molecule has 0 saturated carbocycles. The highest BCUT2D eigenvalue weighted by molar-refractivity contribution is 7.85. The first-order valence-electron chi connectivity index (χ1n) is 5.50. The highest BCUT2D eigenvalue weighted by atomic mass is 32.2. The van der Waals surface area contributed by atoms with Crippen molar-refractivity contribution in [1.29, 1.82) is 0 Å². The summed E-state index contributed by atoms with van der Waals surface area (Å²) < 4.78 is 30.9. The number of phenolic OH excluding ortho intramolecular Hbond substituents is 2. The first kappa shape index (κ1) is 14.0. The van der Waals surface area contributed by atoms with Crippen molar-refractivity contribution in [2.45, 2.75) is 4.90 Å². The summed E-state index contributed by atoms with van der Waals surface area (Å²) in [4.78, 5) is 3.53. The molecule has 0 unspecified atom stereocenters. The second-order valence-electron chi connectivity index (χ2n) is 3.94. The van der Waals surface area contributed by atoms with Gasteiger partial charge in [-0.3, -0.25) is 9.55 Å². The molecule has 6 nitrogen and oxygen atoms in total. The maximum Gasteiger partial charge on any atom is 0.294 e. The van der Waals surface area contributed by atoms with Gasteiger partial charge in [-0.2, -0.15) is 8.42 Å². The molecule has 0 atom stereocenters. The Labute approximate surface area is 115 Å². The molecule has 0 aliphatic rings. The van der Waals surface area contributed by atoms with Crippen LogP contribution in [-0.2, 0) is 10.1 Å². The molecular formula is C13H11NO5S. The van der Waals surface area contributed by atoms with Gasteiger partial charge < -0.3 is 10.2 Å². The van der Waals surface area contributed by atoms with Crippen LogP contribution >= 0.6 is 0 Å². The van der Waals surface area contributed by atoms with Crippen LogP contribution < -0.4 is 0 Å². The Bertz CT molecular complexity index is 768. The third-order valence-electron chi connectivity index (χ3n) is 2.52. The predicted molar refractivity (Wildman–Crippen MR) is 73.3 cm³/mol. The molecule has 3 N–H and O–H groups in total. The summed E-state index contributed by atoms with van der Waals surface area (Å²) in [6.45, 7) is 0. The number of phenols is 2. The van der Waals surface area contributed by atoms with E-state index < -0.39 is 10.1 Å². The van der Waals surface area contributed by atoms with E-state index in [1.165, 1.54) is 12.3 Å². The Morgan fingerprint density at radius 2 is 1.70 bits per heavy atom. The minimum absolute atomic E-state index is 0.00155. The van der Waals surface area contributed by atoms with Crippen molar-refractivity contribution >= 4 is 22.0 Å². The summed E-state index contributed by atoms with van der Waals surface area (Å²) in [5.74, 6) is -0.245. The van der Waals surface area contributed by atoms with Gasteiger partial charge in [0.15, 0.2) is 0 Å². The lowest BCUT2D eigenvalue weighted by Gasteiger charge is -2.02. The van der Waals surface area contributed by atoms with E-state index in [9.17, 15) is 18.6 Å². The maximum atomic E-state index is 11.0. The normalized spacial score (nSPS) is 11.8. The molecule has 0 spiro atoms. The highest BCUT2D eigenvalue weighted by Gasteiger charge is 2.12. The minimum Gasteiger partial charge on any atom is -0.507 e. The number of rotatable bonds is 3. The fourth-order valence-corrected chi connectivity index (χ4v) is 2.00. The molecule has 20 heavy (non-hydrogen) atoms. The van der Waals surface area contributed by atoms with Crippen molar-refractivity contribution < 1.29 is 23.2 Å². The Hall–Kier alpha value is -2.38. The third kappa shape index (κ3) is 3.14. The Morgan fingerprint density at radius 1 is 1.00 bits per heavy atom. The molecule has 2 aromatic carbocycles. The van der Waals surface area contributed by atoms with Gasteiger partial charge in [-0.15, -0.1) is 0 Å². The molecule has 104 valence electrons. The van der Waals surface area contributed by atoms with Gasteiger partial charge in [0.05, 0.1) is 4.90 Å². The van der Waals surface area contributed by atoms with Gasteiger partial charge in [-0.05, 0) is 30.3 Å². The lowest BCUT2D eigenvalue weighted by molar-refractivity contribution is 0.472. The summed E-state index contributed by atoms with van der Waals surface area (Å²) in [6, 6.07) is 9.60. The molecule has 7 heteroatoms. The van der Waals surface area contributed by atoms with Gasteiger partial charge >= 0.3 is 0 Å². The van der Waals surface area contributed by atoms with Crippen LogP contribution in [0, 0.1) is 0 Å². The van der Waals surface area contributed by atoms with E-state index in [1.807, 2.05) is 0 Å². The van der Waals surface area contributed by atoms with Gasteiger partial charge in [-0.25, -0.2) is 0 Å². The Morgan fingerprint density at radius 3 is 2.35 bits per heavy atom. The van der Waals surface area contributed by atoms with E-state index in [4.69, 9.17) is 4.55 Å². The van der Waals surface area contributed by atoms with E-state index in [1.54, 1.807) is 18.2 Å². The van der Waals surface area contributed by atoms with E-state index in [0.717, 1.165) is 18.2 Å². The zero-order chi connectivity index (χ0) is 14.8. The average Bonchev–Trinajstić information content (AvgIpc) is 2.38. The van der Waals surface area contributed by atoms with E-state index in [2.05, 4.69) is 4.99 Å². The van der Waals surface area contributed by atoms with Crippen molar-refractivity contribution in [1.82, 2.24) is 0 Å². The molecule has 0 bridgehead atoms. The Balaban J connectivity index is 2.41. The topological polar surface area (TPSA) is 107 Å². The molecular weight excluding hydrogens is 282 g/mol. The van der Waals surface area contributed by atoms with Crippen molar-refractivity contribution in [3.8, 4) is 11.5 Å². The van der Waals surface area contributed by atoms with Crippen LogP contribution in [-0.4, -0.2) is 29.4 Å². The van der Waals surface area contributed by atoms with Crippen molar-refractivity contribution in [2.24, 2.45) is 4.99 Å². The number of nitrogens with zero attached hydrogens (tertiary/aromatic N) is 1. The first-order chi connectivity index (χ1) is 9.38. The minimum atomic E-state index is -4.37. The molecule has 0 aliphatic carbocycles. The van der Waals surface area contributed by atoms with Crippen LogP contribution in [0.1, 0.15) is 5.56 Å². The maximum absolute atomic E-state index is 11.0. The quantitative estimate of drug-likeness (QED) is 0.593.